The van der Waals surface area contributed by atoms with Gasteiger partial charge in [-0.3, -0.25) is 14.4 Å². The van der Waals surface area contributed by atoms with Gasteiger partial charge in [0.25, 0.3) is 0 Å². The summed E-state index contributed by atoms with van der Waals surface area (Å²) < 4.78 is 0. The lowest BCUT2D eigenvalue weighted by Crippen LogP contribution is -2.71. The van der Waals surface area contributed by atoms with Crippen LogP contribution in [0.5, 0.6) is 5.75 Å². The van der Waals surface area contributed by atoms with Gasteiger partial charge >= 0.3 is 0 Å². The van der Waals surface area contributed by atoms with E-state index in [-0.39, 0.29) is 41.7 Å². The Morgan fingerprint density at radius 3 is 2.49 bits per heavy atom. The summed E-state index contributed by atoms with van der Waals surface area (Å²) in [5, 5.41) is 48.8. The molecule has 11 heteroatoms. The molecule has 1 aromatic rings. The maximum Gasteiger partial charge on any atom is 0.230 e. The van der Waals surface area contributed by atoms with Gasteiger partial charge < -0.3 is 35.9 Å². The lowest BCUT2D eigenvalue weighted by Gasteiger charge is -2.53. The molecule has 0 saturated heterocycles. The summed E-state index contributed by atoms with van der Waals surface area (Å²) in [6.07, 6.45) is -1.50. The van der Waals surface area contributed by atoms with E-state index in [1.54, 1.807) is 25.1 Å². The number of aliphatic hydroxyl groups is 3. The Labute approximate surface area is 213 Å². The van der Waals surface area contributed by atoms with Crippen molar-refractivity contribution in [2.75, 3.05) is 14.1 Å². The van der Waals surface area contributed by atoms with E-state index in [1.165, 1.54) is 6.07 Å². The summed E-state index contributed by atoms with van der Waals surface area (Å²) in [6, 6.07) is 2.22. The van der Waals surface area contributed by atoms with Crippen LogP contribution in [0, 0.1) is 17.8 Å². The van der Waals surface area contributed by atoms with Gasteiger partial charge in [0, 0.05) is 17.5 Å². The molecule has 37 heavy (non-hydrogen) atoms. The maximum atomic E-state index is 13.8. The molecule has 11 nitrogen and oxygen atoms in total. The number of amides is 1. The standard InChI is InChI=1S/C26H31N3O8/c1-9-16(10(2)37-28-9)12-5-6-15(30)18-13(12)7-11-8-14-20(29(3)4)22(32)19(25(27)35)24(34)26(14,36)23(33)17(11)21(18)31/h5-6,10-11,14,16,19-20,22,30,32-33,36H,7-8H2,1-4H3,(H2,27,35)/t10?,11-,14-,16?,19?,20-,22?,26-/m0/s1. The third kappa shape index (κ3) is 3.30. The molecule has 5 rings (SSSR count). The zero-order chi connectivity index (χ0) is 27.1. The van der Waals surface area contributed by atoms with Crippen molar-refractivity contribution in [1.82, 2.24) is 4.90 Å². The van der Waals surface area contributed by atoms with Gasteiger partial charge in [-0.05, 0) is 63.9 Å². The molecule has 198 valence electrons. The fourth-order valence-corrected chi connectivity index (χ4v) is 7.02. The van der Waals surface area contributed by atoms with Gasteiger partial charge in [-0.1, -0.05) is 11.2 Å². The van der Waals surface area contributed by atoms with E-state index >= 15 is 0 Å². The van der Waals surface area contributed by atoms with Crippen LogP contribution in [0.1, 0.15) is 47.7 Å². The number of benzene rings is 1. The van der Waals surface area contributed by atoms with Crippen molar-refractivity contribution in [3.63, 3.8) is 0 Å². The molecule has 1 fully saturated rings. The number of primary amides is 1. The van der Waals surface area contributed by atoms with Crippen LogP contribution in [0.4, 0.5) is 0 Å². The first-order valence-electron chi connectivity index (χ1n) is 12.3. The van der Waals surface area contributed by atoms with Gasteiger partial charge in [0.2, 0.25) is 5.91 Å². The number of phenols is 1. The number of ketones is 2. The van der Waals surface area contributed by atoms with Crippen LogP contribution < -0.4 is 5.73 Å². The number of hydrogen-bond donors (Lipinski definition) is 5. The van der Waals surface area contributed by atoms with Crippen molar-refractivity contribution in [3.05, 3.63) is 40.2 Å². The highest BCUT2D eigenvalue weighted by atomic mass is 16.6. The van der Waals surface area contributed by atoms with Crippen molar-refractivity contribution in [2.45, 2.75) is 56.5 Å². The lowest BCUT2D eigenvalue weighted by molar-refractivity contribution is -0.178. The minimum atomic E-state index is -2.60. The average Bonchev–Trinajstić information content (AvgIpc) is 3.14. The molecule has 0 radical (unpaired) electrons. The maximum absolute atomic E-state index is 13.8. The van der Waals surface area contributed by atoms with Gasteiger partial charge in [0.1, 0.15) is 23.5 Å². The molecule has 1 amide bonds. The number of fused-ring (bicyclic) bond motifs is 3. The Morgan fingerprint density at radius 2 is 1.92 bits per heavy atom. The molecule has 4 aliphatic rings. The highest BCUT2D eigenvalue weighted by Gasteiger charge is 2.66. The Morgan fingerprint density at radius 1 is 1.24 bits per heavy atom. The quantitative estimate of drug-likeness (QED) is 0.352. The lowest BCUT2D eigenvalue weighted by atomic mass is 9.55. The number of likely N-dealkylation sites (N-methyl/N-ethyl adjacent to an activating group) is 1. The molecule has 8 atom stereocenters. The number of rotatable bonds is 3. The summed E-state index contributed by atoms with van der Waals surface area (Å²) >= 11 is 0. The topological polar surface area (TPSA) is 183 Å². The Kier molecular flexibility index (Phi) is 5.74. The van der Waals surface area contributed by atoms with Crippen LogP contribution in [-0.4, -0.2) is 86.5 Å². The summed E-state index contributed by atoms with van der Waals surface area (Å²) in [5.74, 6) is -7.77. The third-order valence-corrected chi connectivity index (χ3v) is 8.63. The number of Topliss-reactive ketones (excluding diaryl/α,β-unsaturated/α-hetero) is 2. The summed E-state index contributed by atoms with van der Waals surface area (Å²) in [6.45, 7) is 3.68. The fraction of sp³-hybridized carbons (Fsp3) is 0.538. The van der Waals surface area contributed by atoms with Gasteiger partial charge in [-0.2, -0.15) is 0 Å². The zero-order valence-electron chi connectivity index (χ0n) is 21.0. The van der Waals surface area contributed by atoms with Crippen molar-refractivity contribution in [3.8, 4) is 5.75 Å². The Hall–Kier alpha value is -3.28. The summed E-state index contributed by atoms with van der Waals surface area (Å²) in [7, 11) is 3.25. The number of aliphatic hydroxyl groups excluding tert-OH is 2. The highest BCUT2D eigenvalue weighted by Crippen LogP contribution is 2.53. The highest BCUT2D eigenvalue weighted by molar-refractivity contribution is 6.15. The van der Waals surface area contributed by atoms with E-state index < -0.39 is 58.7 Å². The van der Waals surface area contributed by atoms with E-state index in [4.69, 9.17) is 10.6 Å². The molecular weight excluding hydrogens is 482 g/mol. The van der Waals surface area contributed by atoms with Crippen LogP contribution in [0.15, 0.2) is 28.6 Å². The first-order valence-corrected chi connectivity index (χ1v) is 12.3. The van der Waals surface area contributed by atoms with E-state index in [1.807, 2.05) is 13.8 Å². The van der Waals surface area contributed by atoms with Gasteiger partial charge in [-0.25, -0.2) is 0 Å². The second-order valence-electron chi connectivity index (χ2n) is 10.8. The normalized spacial score (nSPS) is 37.1. The first kappa shape index (κ1) is 25.4. The number of allylic oxidation sites excluding steroid dienone is 1. The molecule has 0 aromatic heterocycles. The predicted octanol–water partition coefficient (Wildman–Crippen LogP) is 0.164. The minimum absolute atomic E-state index is 0.0110. The van der Waals surface area contributed by atoms with Crippen LogP contribution in [-0.2, 0) is 20.8 Å². The third-order valence-electron chi connectivity index (χ3n) is 8.63. The number of nitrogens with zero attached hydrogens (tertiary/aromatic N) is 2. The Bertz CT molecular complexity index is 1290. The minimum Gasteiger partial charge on any atom is -0.508 e. The van der Waals surface area contributed by atoms with E-state index in [9.17, 15) is 34.8 Å². The number of oxime groups is 1. The Balaban J connectivity index is 1.70. The van der Waals surface area contributed by atoms with Crippen molar-refractivity contribution in [1.29, 1.82) is 0 Å². The molecule has 0 bridgehead atoms. The van der Waals surface area contributed by atoms with Crippen LogP contribution in [0.3, 0.4) is 0 Å². The molecule has 6 N–H and O–H groups in total. The van der Waals surface area contributed by atoms with E-state index in [0.29, 0.717) is 5.56 Å². The fourth-order valence-electron chi connectivity index (χ4n) is 7.02. The monoisotopic (exact) mass is 513 g/mol. The number of nitrogens with two attached hydrogens (primary N) is 1. The average molecular weight is 514 g/mol. The number of carbonyl (C=O) groups is 3. The molecule has 4 unspecified atom stereocenters. The molecule has 1 heterocycles. The number of aromatic hydroxyl groups is 1. The molecular formula is C26H31N3O8. The SMILES string of the molecule is CC1=NOC(C)C1c1ccc(O)c2c1C[C@H]1C[C@H]3[C@H](N(C)C)C(O)C(C(N)=O)C(=O)[C@@]3(O)C(O)=C1C2=O. The van der Waals surface area contributed by atoms with Crippen molar-refractivity contribution < 1.29 is 39.6 Å². The van der Waals surface area contributed by atoms with Gasteiger partial charge in [0.15, 0.2) is 17.2 Å². The number of carbonyl (C=O) groups excluding carboxylic acids is 3. The predicted molar refractivity (Wildman–Crippen MR) is 130 cm³/mol. The zero-order valence-corrected chi connectivity index (χ0v) is 21.0. The van der Waals surface area contributed by atoms with E-state index in [2.05, 4.69) is 5.16 Å². The summed E-state index contributed by atoms with van der Waals surface area (Å²) in [4.78, 5) is 46.4. The second-order valence-corrected chi connectivity index (χ2v) is 10.8. The summed E-state index contributed by atoms with van der Waals surface area (Å²) in [5.41, 5.74) is 4.71. The molecule has 1 aromatic carbocycles. The number of hydrogen-bond acceptors (Lipinski definition) is 10. The largest absolute Gasteiger partial charge is 0.508 e. The second kappa shape index (κ2) is 8.37. The molecule has 0 spiro atoms. The van der Waals surface area contributed by atoms with Gasteiger partial charge in [-0.15, -0.1) is 0 Å². The first-order chi connectivity index (χ1) is 17.3. The van der Waals surface area contributed by atoms with Crippen molar-refractivity contribution in [2.24, 2.45) is 28.6 Å². The number of phenolic OH excluding ortho intramolecular Hbond substituents is 1. The van der Waals surface area contributed by atoms with Crippen LogP contribution >= 0.6 is 0 Å². The van der Waals surface area contributed by atoms with Gasteiger partial charge in [0.05, 0.1) is 23.3 Å². The molecule has 1 saturated carbocycles. The smallest absolute Gasteiger partial charge is 0.230 e. The van der Waals surface area contributed by atoms with Crippen molar-refractivity contribution >= 4 is 23.2 Å². The molecule has 1 aliphatic heterocycles. The molecule has 3 aliphatic carbocycles. The van der Waals surface area contributed by atoms with Crippen LogP contribution in [0.2, 0.25) is 0 Å². The van der Waals surface area contributed by atoms with E-state index in [0.717, 1.165) is 11.3 Å². The van der Waals surface area contributed by atoms with Crippen LogP contribution in [0.25, 0.3) is 0 Å².